The Kier molecular flexibility index (Phi) is 4.77. The largest absolute Gasteiger partial charge is 0.495 e. The van der Waals surface area contributed by atoms with Crippen LogP contribution in [0.3, 0.4) is 0 Å². The molecule has 0 saturated heterocycles. The minimum absolute atomic E-state index is 0.169. The number of methoxy groups -OCH3 is 1. The SMILES string of the molecule is COc1ccc(C)cc1NC(=O)COc1ccc2c3c(c(=O)oc2c1)CCC3. The van der Waals surface area contributed by atoms with Crippen molar-refractivity contribution in [2.75, 3.05) is 19.0 Å². The van der Waals surface area contributed by atoms with Gasteiger partial charge in [0.05, 0.1) is 12.8 Å². The predicted molar refractivity (Wildman–Crippen MR) is 106 cm³/mol. The second-order valence-electron chi connectivity index (χ2n) is 6.90. The number of hydrogen-bond donors (Lipinski definition) is 1. The zero-order chi connectivity index (χ0) is 19.7. The van der Waals surface area contributed by atoms with Gasteiger partial charge in [-0.15, -0.1) is 0 Å². The molecule has 1 aliphatic carbocycles. The Morgan fingerprint density at radius 2 is 1.96 bits per heavy atom. The molecule has 0 spiro atoms. The van der Waals surface area contributed by atoms with Crippen molar-refractivity contribution in [3.05, 3.63) is 63.5 Å². The second kappa shape index (κ2) is 7.38. The fraction of sp³-hybridized carbons (Fsp3) is 0.273. The summed E-state index contributed by atoms with van der Waals surface area (Å²) >= 11 is 0. The van der Waals surface area contributed by atoms with Crippen molar-refractivity contribution >= 4 is 22.6 Å². The van der Waals surface area contributed by atoms with Gasteiger partial charge in [-0.05, 0) is 61.6 Å². The molecule has 0 fully saturated rings. The zero-order valence-corrected chi connectivity index (χ0v) is 15.8. The number of benzene rings is 2. The summed E-state index contributed by atoms with van der Waals surface area (Å²) in [6.45, 7) is 1.77. The molecule has 1 amide bonds. The maximum absolute atomic E-state index is 12.3. The van der Waals surface area contributed by atoms with Crippen LogP contribution >= 0.6 is 0 Å². The van der Waals surface area contributed by atoms with E-state index in [0.717, 1.165) is 41.3 Å². The summed E-state index contributed by atoms with van der Waals surface area (Å²) < 4.78 is 16.3. The quantitative estimate of drug-likeness (QED) is 0.685. The number of carbonyl (C=O) groups is 1. The number of nitrogens with one attached hydrogen (secondary N) is 1. The number of rotatable bonds is 5. The smallest absolute Gasteiger partial charge is 0.339 e. The van der Waals surface area contributed by atoms with Gasteiger partial charge in [-0.3, -0.25) is 4.79 Å². The van der Waals surface area contributed by atoms with Gasteiger partial charge in [0.15, 0.2) is 6.61 Å². The Labute approximate surface area is 162 Å². The minimum atomic E-state index is -0.306. The van der Waals surface area contributed by atoms with E-state index in [1.165, 1.54) is 0 Å². The highest BCUT2D eigenvalue weighted by Crippen LogP contribution is 2.30. The fourth-order valence-electron chi connectivity index (χ4n) is 3.61. The van der Waals surface area contributed by atoms with Crippen LogP contribution in [0, 0.1) is 6.92 Å². The van der Waals surface area contributed by atoms with Crippen LogP contribution in [-0.2, 0) is 17.6 Å². The molecule has 0 radical (unpaired) electrons. The predicted octanol–water partition coefficient (Wildman–Crippen LogP) is 3.62. The number of anilines is 1. The summed E-state index contributed by atoms with van der Waals surface area (Å²) in [5.74, 6) is 0.750. The second-order valence-corrected chi connectivity index (χ2v) is 6.90. The van der Waals surface area contributed by atoms with Crippen LogP contribution in [-0.4, -0.2) is 19.6 Å². The summed E-state index contributed by atoms with van der Waals surface area (Å²) in [4.78, 5) is 24.4. The Morgan fingerprint density at radius 3 is 2.79 bits per heavy atom. The molecule has 0 atom stereocenters. The molecule has 0 unspecified atom stereocenters. The van der Waals surface area contributed by atoms with Crippen LogP contribution in [0.5, 0.6) is 11.5 Å². The molecule has 4 rings (SSSR count). The molecule has 6 heteroatoms. The van der Waals surface area contributed by atoms with Crippen molar-refractivity contribution in [1.82, 2.24) is 0 Å². The van der Waals surface area contributed by atoms with Crippen molar-refractivity contribution in [2.45, 2.75) is 26.2 Å². The number of aryl methyl sites for hydroxylation is 2. The van der Waals surface area contributed by atoms with Crippen LogP contribution in [0.15, 0.2) is 45.6 Å². The van der Waals surface area contributed by atoms with Crippen LogP contribution in [0.2, 0.25) is 0 Å². The third-order valence-corrected chi connectivity index (χ3v) is 4.94. The van der Waals surface area contributed by atoms with Crippen LogP contribution in [0.4, 0.5) is 5.69 Å². The van der Waals surface area contributed by atoms with Gasteiger partial charge in [0.1, 0.15) is 17.1 Å². The molecule has 6 nitrogen and oxygen atoms in total. The first-order chi connectivity index (χ1) is 13.5. The molecule has 1 heterocycles. The van der Waals surface area contributed by atoms with Gasteiger partial charge in [0.2, 0.25) is 0 Å². The van der Waals surface area contributed by atoms with E-state index in [-0.39, 0.29) is 18.1 Å². The number of carbonyl (C=O) groups excluding carboxylic acids is 1. The zero-order valence-electron chi connectivity index (χ0n) is 15.8. The molecule has 28 heavy (non-hydrogen) atoms. The van der Waals surface area contributed by atoms with Gasteiger partial charge in [-0.1, -0.05) is 6.07 Å². The first-order valence-electron chi connectivity index (χ1n) is 9.21. The van der Waals surface area contributed by atoms with E-state index in [1.54, 1.807) is 25.3 Å². The molecular formula is C22H21NO5. The standard InChI is InChI=1S/C22H21NO5/c1-13-6-9-19(26-2)18(10-13)23-21(24)12-27-14-7-8-16-15-4-3-5-17(15)22(25)28-20(16)11-14/h6-11H,3-5,12H2,1-2H3,(H,23,24). The third-order valence-electron chi connectivity index (χ3n) is 4.94. The normalized spacial score (nSPS) is 12.6. The van der Waals surface area contributed by atoms with E-state index in [9.17, 15) is 9.59 Å². The molecule has 144 valence electrons. The van der Waals surface area contributed by atoms with Gasteiger partial charge in [-0.25, -0.2) is 4.79 Å². The van der Waals surface area contributed by atoms with Gasteiger partial charge in [0.25, 0.3) is 5.91 Å². The van der Waals surface area contributed by atoms with Crippen molar-refractivity contribution < 1.29 is 18.7 Å². The van der Waals surface area contributed by atoms with Gasteiger partial charge >= 0.3 is 5.63 Å². The lowest BCUT2D eigenvalue weighted by molar-refractivity contribution is -0.118. The number of fused-ring (bicyclic) bond motifs is 3. The lowest BCUT2D eigenvalue weighted by Gasteiger charge is -2.12. The number of hydrogen-bond acceptors (Lipinski definition) is 5. The van der Waals surface area contributed by atoms with Gasteiger partial charge < -0.3 is 19.2 Å². The van der Waals surface area contributed by atoms with Crippen LogP contribution < -0.4 is 20.4 Å². The average Bonchev–Trinajstić information content (AvgIpc) is 3.17. The van der Waals surface area contributed by atoms with E-state index in [0.29, 0.717) is 22.8 Å². The summed E-state index contributed by atoms with van der Waals surface area (Å²) in [6.07, 6.45) is 2.63. The third kappa shape index (κ3) is 3.45. The molecule has 0 saturated carbocycles. The maximum Gasteiger partial charge on any atom is 0.339 e. The molecule has 1 aromatic heterocycles. The number of amides is 1. The Hall–Kier alpha value is -3.28. The summed E-state index contributed by atoms with van der Waals surface area (Å²) in [5.41, 5.74) is 3.67. The monoisotopic (exact) mass is 379 g/mol. The van der Waals surface area contributed by atoms with E-state index < -0.39 is 0 Å². The Bertz CT molecular complexity index is 1120. The lowest BCUT2D eigenvalue weighted by atomic mass is 10.1. The highest BCUT2D eigenvalue weighted by Gasteiger charge is 2.19. The summed E-state index contributed by atoms with van der Waals surface area (Å²) in [6, 6.07) is 10.9. The van der Waals surface area contributed by atoms with Crippen molar-refractivity contribution in [3.63, 3.8) is 0 Å². The van der Waals surface area contributed by atoms with E-state index in [2.05, 4.69) is 5.32 Å². The Morgan fingerprint density at radius 1 is 1.14 bits per heavy atom. The highest BCUT2D eigenvalue weighted by molar-refractivity contribution is 5.93. The van der Waals surface area contributed by atoms with E-state index in [1.807, 2.05) is 25.1 Å². The molecule has 2 aromatic carbocycles. The average molecular weight is 379 g/mol. The minimum Gasteiger partial charge on any atom is -0.495 e. The highest BCUT2D eigenvalue weighted by atomic mass is 16.5. The van der Waals surface area contributed by atoms with Crippen molar-refractivity contribution in [1.29, 1.82) is 0 Å². The lowest BCUT2D eigenvalue weighted by Crippen LogP contribution is -2.20. The number of ether oxygens (including phenoxy) is 2. The molecular weight excluding hydrogens is 358 g/mol. The maximum atomic E-state index is 12.3. The molecule has 0 aliphatic heterocycles. The molecule has 0 bridgehead atoms. The van der Waals surface area contributed by atoms with Crippen molar-refractivity contribution in [2.24, 2.45) is 0 Å². The first kappa shape index (κ1) is 18.1. The topological polar surface area (TPSA) is 77.8 Å². The van der Waals surface area contributed by atoms with Gasteiger partial charge in [-0.2, -0.15) is 0 Å². The van der Waals surface area contributed by atoms with Crippen molar-refractivity contribution in [3.8, 4) is 11.5 Å². The molecule has 3 aromatic rings. The molecule has 1 aliphatic rings. The van der Waals surface area contributed by atoms with Crippen LogP contribution in [0.1, 0.15) is 23.1 Å². The van der Waals surface area contributed by atoms with E-state index in [4.69, 9.17) is 13.9 Å². The van der Waals surface area contributed by atoms with Crippen LogP contribution in [0.25, 0.3) is 11.0 Å². The fourth-order valence-corrected chi connectivity index (χ4v) is 3.61. The van der Waals surface area contributed by atoms with E-state index >= 15 is 0 Å². The Balaban J connectivity index is 1.48. The van der Waals surface area contributed by atoms with Gasteiger partial charge in [0, 0.05) is 17.0 Å². The summed E-state index contributed by atoms with van der Waals surface area (Å²) in [5, 5.41) is 3.73. The molecule has 1 N–H and O–H groups in total. The first-order valence-corrected chi connectivity index (χ1v) is 9.21. The summed E-state index contributed by atoms with van der Waals surface area (Å²) in [7, 11) is 1.55.